The van der Waals surface area contributed by atoms with Crippen LogP contribution in [0.5, 0.6) is 5.88 Å². The Labute approximate surface area is 103 Å². The number of ether oxygens (including phenoxy) is 1. The van der Waals surface area contributed by atoms with Crippen molar-refractivity contribution in [2.45, 2.75) is 37.9 Å². The van der Waals surface area contributed by atoms with Crippen molar-refractivity contribution in [2.75, 3.05) is 11.9 Å². The van der Waals surface area contributed by atoms with E-state index in [9.17, 15) is 13.2 Å². The lowest BCUT2D eigenvalue weighted by atomic mass is 10.2. The van der Waals surface area contributed by atoms with Gasteiger partial charge in [-0.3, -0.25) is 0 Å². The topological polar surface area (TPSA) is 47.0 Å². The van der Waals surface area contributed by atoms with Crippen LogP contribution in [-0.2, 0) is 0 Å². The zero-order valence-corrected chi connectivity index (χ0v) is 9.92. The summed E-state index contributed by atoms with van der Waals surface area (Å²) in [6, 6.07) is 1.39. The van der Waals surface area contributed by atoms with Crippen LogP contribution in [0.2, 0.25) is 0 Å². The Morgan fingerprint density at radius 2 is 2.11 bits per heavy atom. The molecule has 0 bridgehead atoms. The van der Waals surface area contributed by atoms with Crippen LogP contribution in [0.3, 0.4) is 0 Å². The van der Waals surface area contributed by atoms with Gasteiger partial charge in [-0.1, -0.05) is 6.92 Å². The van der Waals surface area contributed by atoms with E-state index in [2.05, 4.69) is 15.3 Å². The molecule has 0 atom stereocenters. The van der Waals surface area contributed by atoms with Gasteiger partial charge >= 0.3 is 6.18 Å². The SMILES string of the molecule is CCCOc1cc(NC2(C(F)(F)F)CC2)ncn1. The third-order valence-electron chi connectivity index (χ3n) is 2.76. The molecule has 7 heteroatoms. The lowest BCUT2D eigenvalue weighted by Crippen LogP contribution is -2.38. The molecule has 18 heavy (non-hydrogen) atoms. The number of rotatable bonds is 5. The minimum absolute atomic E-state index is 0.0751. The van der Waals surface area contributed by atoms with E-state index in [0.717, 1.165) is 6.42 Å². The minimum Gasteiger partial charge on any atom is -0.478 e. The fourth-order valence-electron chi connectivity index (χ4n) is 1.54. The van der Waals surface area contributed by atoms with Crippen LogP contribution in [0, 0.1) is 0 Å². The van der Waals surface area contributed by atoms with E-state index in [4.69, 9.17) is 4.74 Å². The Morgan fingerprint density at radius 1 is 1.39 bits per heavy atom. The number of aromatic nitrogens is 2. The molecule has 1 saturated carbocycles. The number of nitrogens with zero attached hydrogens (tertiary/aromatic N) is 2. The number of nitrogens with one attached hydrogen (secondary N) is 1. The molecule has 1 N–H and O–H groups in total. The van der Waals surface area contributed by atoms with Gasteiger partial charge in [-0.25, -0.2) is 9.97 Å². The first-order valence-corrected chi connectivity index (χ1v) is 5.76. The van der Waals surface area contributed by atoms with Crippen molar-refractivity contribution in [1.29, 1.82) is 0 Å². The number of hydrogen-bond donors (Lipinski definition) is 1. The smallest absolute Gasteiger partial charge is 0.411 e. The molecule has 1 aliphatic carbocycles. The Morgan fingerprint density at radius 3 is 2.67 bits per heavy atom. The van der Waals surface area contributed by atoms with Crippen molar-refractivity contribution in [3.8, 4) is 5.88 Å². The van der Waals surface area contributed by atoms with E-state index < -0.39 is 11.7 Å². The maximum atomic E-state index is 12.7. The van der Waals surface area contributed by atoms with Gasteiger partial charge in [0.25, 0.3) is 0 Å². The summed E-state index contributed by atoms with van der Waals surface area (Å²) >= 11 is 0. The fourth-order valence-corrected chi connectivity index (χ4v) is 1.54. The summed E-state index contributed by atoms with van der Waals surface area (Å²) < 4.78 is 43.5. The summed E-state index contributed by atoms with van der Waals surface area (Å²) in [6.07, 6.45) is -2.11. The van der Waals surface area contributed by atoms with Gasteiger partial charge in [0, 0.05) is 6.07 Å². The molecular formula is C11H14F3N3O. The summed E-state index contributed by atoms with van der Waals surface area (Å²) in [5.74, 6) is 0.429. The normalized spacial score (nSPS) is 17.3. The molecule has 0 unspecified atom stereocenters. The van der Waals surface area contributed by atoms with Gasteiger partial charge in [0.15, 0.2) is 0 Å². The van der Waals surface area contributed by atoms with E-state index in [0.29, 0.717) is 6.61 Å². The van der Waals surface area contributed by atoms with Crippen LogP contribution in [0.1, 0.15) is 26.2 Å². The molecule has 0 aliphatic heterocycles. The molecule has 1 aromatic rings. The molecule has 0 saturated heterocycles. The van der Waals surface area contributed by atoms with Crippen LogP contribution >= 0.6 is 0 Å². The van der Waals surface area contributed by atoms with Gasteiger partial charge in [0.05, 0.1) is 6.61 Å². The standard InChI is InChI=1S/C11H14F3N3O/c1-2-5-18-9-6-8(15-7-16-9)17-10(3-4-10)11(12,13)14/h6-7H,2-5H2,1H3,(H,15,16,17). The highest BCUT2D eigenvalue weighted by molar-refractivity contribution is 5.43. The second-order valence-corrected chi connectivity index (χ2v) is 4.29. The maximum Gasteiger partial charge on any atom is 0.411 e. The first-order chi connectivity index (χ1) is 8.47. The maximum absolute atomic E-state index is 12.7. The van der Waals surface area contributed by atoms with E-state index in [1.807, 2.05) is 6.92 Å². The van der Waals surface area contributed by atoms with Gasteiger partial charge in [-0.05, 0) is 19.3 Å². The first-order valence-electron chi connectivity index (χ1n) is 5.76. The molecule has 1 aromatic heterocycles. The Kier molecular flexibility index (Phi) is 3.32. The summed E-state index contributed by atoms with van der Waals surface area (Å²) in [5, 5.41) is 2.43. The predicted octanol–water partition coefficient (Wildman–Crippen LogP) is 2.77. The van der Waals surface area contributed by atoms with Gasteiger partial charge in [-0.2, -0.15) is 13.2 Å². The highest BCUT2D eigenvalue weighted by Gasteiger charge is 2.63. The van der Waals surface area contributed by atoms with Gasteiger partial charge in [0.2, 0.25) is 5.88 Å². The lowest BCUT2D eigenvalue weighted by Gasteiger charge is -2.21. The Bertz CT molecular complexity index is 418. The van der Waals surface area contributed by atoms with Crippen LogP contribution in [0.25, 0.3) is 0 Å². The van der Waals surface area contributed by atoms with Crippen LogP contribution < -0.4 is 10.1 Å². The third kappa shape index (κ3) is 2.65. The van der Waals surface area contributed by atoms with Gasteiger partial charge < -0.3 is 10.1 Å². The molecule has 1 aliphatic rings. The number of halogens is 3. The van der Waals surface area contributed by atoms with Crippen molar-refractivity contribution < 1.29 is 17.9 Å². The summed E-state index contributed by atoms with van der Waals surface area (Å²) in [4.78, 5) is 7.62. The third-order valence-corrected chi connectivity index (χ3v) is 2.76. The van der Waals surface area contributed by atoms with Crippen molar-refractivity contribution in [3.63, 3.8) is 0 Å². The van der Waals surface area contributed by atoms with Crippen molar-refractivity contribution in [2.24, 2.45) is 0 Å². The number of alkyl halides is 3. The second kappa shape index (κ2) is 4.62. The zero-order chi connectivity index (χ0) is 13.2. The molecule has 1 fully saturated rings. The monoisotopic (exact) mass is 261 g/mol. The molecule has 1 heterocycles. The second-order valence-electron chi connectivity index (χ2n) is 4.29. The highest BCUT2D eigenvalue weighted by Crippen LogP contribution is 2.50. The van der Waals surface area contributed by atoms with Crippen molar-refractivity contribution in [1.82, 2.24) is 9.97 Å². The van der Waals surface area contributed by atoms with Gasteiger partial charge in [0.1, 0.15) is 17.7 Å². The fraction of sp³-hybridized carbons (Fsp3) is 0.636. The Hall–Kier alpha value is -1.53. The molecule has 0 spiro atoms. The van der Waals surface area contributed by atoms with Crippen molar-refractivity contribution >= 4 is 5.82 Å². The molecule has 0 amide bonds. The Balaban J connectivity index is 2.06. The van der Waals surface area contributed by atoms with E-state index in [1.165, 1.54) is 12.4 Å². The number of hydrogen-bond acceptors (Lipinski definition) is 4. The molecule has 4 nitrogen and oxygen atoms in total. The number of anilines is 1. The first kappa shape index (κ1) is 12.9. The van der Waals surface area contributed by atoms with Crippen LogP contribution in [0.4, 0.5) is 19.0 Å². The van der Waals surface area contributed by atoms with Crippen LogP contribution in [0.15, 0.2) is 12.4 Å². The zero-order valence-electron chi connectivity index (χ0n) is 9.92. The van der Waals surface area contributed by atoms with E-state index >= 15 is 0 Å². The average Bonchev–Trinajstić information content (AvgIpc) is 3.07. The van der Waals surface area contributed by atoms with E-state index in [1.54, 1.807) is 0 Å². The average molecular weight is 261 g/mol. The molecule has 0 radical (unpaired) electrons. The summed E-state index contributed by atoms with van der Waals surface area (Å²) in [5.41, 5.74) is -1.82. The molecule has 2 rings (SSSR count). The van der Waals surface area contributed by atoms with E-state index in [-0.39, 0.29) is 24.5 Å². The summed E-state index contributed by atoms with van der Waals surface area (Å²) in [7, 11) is 0. The largest absolute Gasteiger partial charge is 0.478 e. The molecule has 0 aromatic carbocycles. The van der Waals surface area contributed by atoms with Crippen molar-refractivity contribution in [3.05, 3.63) is 12.4 Å². The summed E-state index contributed by atoms with van der Waals surface area (Å²) in [6.45, 7) is 2.41. The predicted molar refractivity (Wildman–Crippen MR) is 59.5 cm³/mol. The minimum atomic E-state index is -4.26. The van der Waals surface area contributed by atoms with Gasteiger partial charge in [-0.15, -0.1) is 0 Å². The molecular weight excluding hydrogens is 247 g/mol. The van der Waals surface area contributed by atoms with Crippen LogP contribution in [-0.4, -0.2) is 28.3 Å². The lowest BCUT2D eigenvalue weighted by molar-refractivity contribution is -0.151. The molecule has 100 valence electrons. The highest BCUT2D eigenvalue weighted by atomic mass is 19.4. The quantitative estimate of drug-likeness (QED) is 0.885.